The van der Waals surface area contributed by atoms with E-state index < -0.39 is 6.04 Å². The number of rotatable bonds is 6. The monoisotopic (exact) mass is 406 g/mol. The smallest absolute Gasteiger partial charge is 0.244 e. The standard InChI is InChI=1S/C24H30N4O2/c1-27(2)14-16-10-17-11-19(30-3)8-9-23(17)28(15-16)24(29)21(25)12-18-13-26-22-7-5-4-6-20(18)22/h4-9,11,13,16,21,26H,10,12,14-15,25H2,1-3H3. The number of methoxy groups -OCH3 is 1. The molecule has 1 amide bonds. The second-order valence-electron chi connectivity index (χ2n) is 8.45. The van der Waals surface area contributed by atoms with Crippen LogP contribution in [0, 0.1) is 5.92 Å². The van der Waals surface area contributed by atoms with Crippen molar-refractivity contribution in [1.82, 2.24) is 9.88 Å². The molecule has 2 aromatic carbocycles. The number of carbonyl (C=O) groups is 1. The van der Waals surface area contributed by atoms with E-state index in [2.05, 4.69) is 30.0 Å². The molecule has 0 saturated carbocycles. The highest BCUT2D eigenvalue weighted by atomic mass is 16.5. The van der Waals surface area contributed by atoms with Crippen molar-refractivity contribution in [3.8, 4) is 5.75 Å². The maximum atomic E-state index is 13.5. The third-order valence-electron chi connectivity index (χ3n) is 5.85. The lowest BCUT2D eigenvalue weighted by molar-refractivity contribution is -0.120. The van der Waals surface area contributed by atoms with E-state index in [0.717, 1.165) is 46.4 Å². The van der Waals surface area contributed by atoms with E-state index in [9.17, 15) is 4.79 Å². The normalized spacial score (nSPS) is 17.2. The van der Waals surface area contributed by atoms with Crippen LogP contribution in [0.5, 0.6) is 5.75 Å². The van der Waals surface area contributed by atoms with E-state index in [1.165, 1.54) is 0 Å². The highest BCUT2D eigenvalue weighted by Gasteiger charge is 2.32. The van der Waals surface area contributed by atoms with Gasteiger partial charge in [0.05, 0.1) is 13.2 Å². The quantitative estimate of drug-likeness (QED) is 0.660. The Morgan fingerprint density at radius 1 is 1.30 bits per heavy atom. The van der Waals surface area contributed by atoms with Crippen molar-refractivity contribution in [2.45, 2.75) is 18.9 Å². The number of anilines is 1. The fourth-order valence-electron chi connectivity index (χ4n) is 4.52. The zero-order chi connectivity index (χ0) is 21.3. The summed E-state index contributed by atoms with van der Waals surface area (Å²) in [7, 11) is 5.80. The lowest BCUT2D eigenvalue weighted by Gasteiger charge is -2.37. The van der Waals surface area contributed by atoms with Gasteiger partial charge in [-0.15, -0.1) is 0 Å². The fraction of sp³-hybridized carbons (Fsp3) is 0.375. The van der Waals surface area contributed by atoms with Crippen LogP contribution in [-0.2, 0) is 17.6 Å². The van der Waals surface area contributed by atoms with Gasteiger partial charge in [0.2, 0.25) is 5.91 Å². The van der Waals surface area contributed by atoms with E-state index >= 15 is 0 Å². The molecule has 1 aliphatic heterocycles. The minimum absolute atomic E-state index is 0.0323. The van der Waals surface area contributed by atoms with Crippen molar-refractivity contribution in [3.63, 3.8) is 0 Å². The predicted molar refractivity (Wildman–Crippen MR) is 121 cm³/mol. The van der Waals surface area contributed by atoms with Crippen LogP contribution in [0.4, 0.5) is 5.69 Å². The molecule has 3 N–H and O–H groups in total. The number of hydrogen-bond donors (Lipinski definition) is 2. The number of benzene rings is 2. The second-order valence-corrected chi connectivity index (χ2v) is 8.45. The molecule has 6 nitrogen and oxygen atoms in total. The molecule has 30 heavy (non-hydrogen) atoms. The molecule has 0 saturated heterocycles. The largest absolute Gasteiger partial charge is 0.497 e. The van der Waals surface area contributed by atoms with Crippen molar-refractivity contribution in [2.24, 2.45) is 11.7 Å². The number of nitrogens with one attached hydrogen (secondary N) is 1. The Kier molecular flexibility index (Phi) is 5.79. The molecule has 0 aliphatic carbocycles. The number of fused-ring (bicyclic) bond motifs is 2. The fourth-order valence-corrected chi connectivity index (χ4v) is 4.52. The van der Waals surface area contributed by atoms with Crippen LogP contribution >= 0.6 is 0 Å². The second kappa shape index (κ2) is 8.50. The minimum atomic E-state index is -0.600. The van der Waals surface area contributed by atoms with Crippen LogP contribution in [0.3, 0.4) is 0 Å². The summed E-state index contributed by atoms with van der Waals surface area (Å²) in [5, 5.41) is 1.12. The topological polar surface area (TPSA) is 74.6 Å². The third-order valence-corrected chi connectivity index (χ3v) is 5.85. The van der Waals surface area contributed by atoms with Gasteiger partial charge in [0.15, 0.2) is 0 Å². The number of para-hydroxylation sites is 1. The molecule has 0 fully saturated rings. The molecule has 6 heteroatoms. The number of nitrogens with two attached hydrogens (primary N) is 1. The van der Waals surface area contributed by atoms with Crippen LogP contribution in [0.1, 0.15) is 11.1 Å². The van der Waals surface area contributed by atoms with Gasteiger partial charge in [-0.2, -0.15) is 0 Å². The molecule has 0 bridgehead atoms. The molecular weight excluding hydrogens is 376 g/mol. The predicted octanol–water partition coefficient (Wildman–Crippen LogP) is 2.81. The summed E-state index contributed by atoms with van der Waals surface area (Å²) < 4.78 is 5.41. The molecule has 2 atom stereocenters. The summed E-state index contributed by atoms with van der Waals surface area (Å²) >= 11 is 0. The SMILES string of the molecule is COc1ccc2c(c1)CC(CN(C)C)CN2C(=O)C(N)Cc1c[nH]c2ccccc12. The summed E-state index contributed by atoms with van der Waals surface area (Å²) in [6, 6.07) is 13.4. The lowest BCUT2D eigenvalue weighted by Crippen LogP contribution is -2.50. The van der Waals surface area contributed by atoms with Crippen LogP contribution < -0.4 is 15.4 Å². The van der Waals surface area contributed by atoms with Crippen LogP contribution in [0.15, 0.2) is 48.7 Å². The van der Waals surface area contributed by atoms with Gasteiger partial charge in [0.25, 0.3) is 0 Å². The number of amides is 1. The molecule has 158 valence electrons. The number of carbonyl (C=O) groups excluding carboxylic acids is 1. The Balaban J connectivity index is 1.59. The number of nitrogens with zero attached hydrogens (tertiary/aromatic N) is 2. The first-order chi connectivity index (χ1) is 14.5. The number of hydrogen-bond acceptors (Lipinski definition) is 4. The van der Waals surface area contributed by atoms with Crippen molar-refractivity contribution in [3.05, 3.63) is 59.8 Å². The number of ether oxygens (including phenoxy) is 1. The molecule has 4 rings (SSSR count). The summed E-state index contributed by atoms with van der Waals surface area (Å²) in [4.78, 5) is 20.8. The summed E-state index contributed by atoms with van der Waals surface area (Å²) in [6.45, 7) is 1.59. The minimum Gasteiger partial charge on any atom is -0.497 e. The van der Waals surface area contributed by atoms with Crippen LogP contribution in [0.25, 0.3) is 10.9 Å². The number of aromatic nitrogens is 1. The Bertz CT molecular complexity index is 1040. The average molecular weight is 407 g/mol. The van der Waals surface area contributed by atoms with Gasteiger partial charge in [-0.3, -0.25) is 4.79 Å². The summed E-state index contributed by atoms with van der Waals surface area (Å²) in [6.07, 6.45) is 3.39. The lowest BCUT2D eigenvalue weighted by atomic mass is 9.91. The first kappa shape index (κ1) is 20.4. The van der Waals surface area contributed by atoms with E-state index in [4.69, 9.17) is 10.5 Å². The van der Waals surface area contributed by atoms with Crippen molar-refractivity contribution < 1.29 is 9.53 Å². The average Bonchev–Trinajstić information content (AvgIpc) is 3.14. The van der Waals surface area contributed by atoms with Gasteiger partial charge in [-0.05, 0) is 68.2 Å². The Labute approximate surface area is 177 Å². The Morgan fingerprint density at radius 3 is 2.87 bits per heavy atom. The molecule has 0 radical (unpaired) electrons. The first-order valence-corrected chi connectivity index (χ1v) is 10.4. The summed E-state index contributed by atoms with van der Waals surface area (Å²) in [5.41, 5.74) is 10.7. The van der Waals surface area contributed by atoms with Crippen LogP contribution in [0.2, 0.25) is 0 Å². The number of H-pyrrole nitrogens is 1. The molecule has 2 heterocycles. The van der Waals surface area contributed by atoms with E-state index in [1.807, 2.05) is 47.5 Å². The Morgan fingerprint density at radius 2 is 2.10 bits per heavy atom. The highest BCUT2D eigenvalue weighted by molar-refractivity contribution is 5.99. The zero-order valence-electron chi connectivity index (χ0n) is 17.9. The van der Waals surface area contributed by atoms with Crippen molar-refractivity contribution in [1.29, 1.82) is 0 Å². The van der Waals surface area contributed by atoms with Gasteiger partial charge in [0.1, 0.15) is 5.75 Å². The molecule has 1 aliphatic rings. The van der Waals surface area contributed by atoms with Crippen LogP contribution in [-0.4, -0.2) is 56.1 Å². The number of aromatic amines is 1. The van der Waals surface area contributed by atoms with Crippen molar-refractivity contribution in [2.75, 3.05) is 39.2 Å². The van der Waals surface area contributed by atoms with Gasteiger partial charge < -0.3 is 25.3 Å². The van der Waals surface area contributed by atoms with Gasteiger partial charge >= 0.3 is 0 Å². The Hall–Kier alpha value is -2.83. The van der Waals surface area contributed by atoms with E-state index in [-0.39, 0.29) is 5.91 Å². The molecule has 0 spiro atoms. The molecule has 3 aromatic rings. The van der Waals surface area contributed by atoms with E-state index in [1.54, 1.807) is 7.11 Å². The van der Waals surface area contributed by atoms with Crippen molar-refractivity contribution >= 4 is 22.5 Å². The maximum absolute atomic E-state index is 13.5. The summed E-state index contributed by atoms with van der Waals surface area (Å²) in [5.74, 6) is 1.13. The molecule has 2 unspecified atom stereocenters. The third kappa shape index (κ3) is 4.06. The van der Waals surface area contributed by atoms with Gasteiger partial charge in [-0.1, -0.05) is 18.2 Å². The first-order valence-electron chi connectivity index (χ1n) is 10.4. The maximum Gasteiger partial charge on any atom is 0.244 e. The van der Waals surface area contributed by atoms with Gasteiger partial charge in [-0.25, -0.2) is 0 Å². The zero-order valence-corrected chi connectivity index (χ0v) is 17.9. The van der Waals surface area contributed by atoms with Gasteiger partial charge in [0, 0.05) is 35.9 Å². The highest BCUT2D eigenvalue weighted by Crippen LogP contribution is 2.33. The molecular formula is C24H30N4O2. The van der Waals surface area contributed by atoms with E-state index in [0.29, 0.717) is 18.9 Å². The molecule has 1 aromatic heterocycles.